The van der Waals surface area contributed by atoms with Crippen LogP contribution >= 0.6 is 0 Å². The number of hydrogen-bond acceptors (Lipinski definition) is 3. The van der Waals surface area contributed by atoms with Crippen molar-refractivity contribution >= 4 is 11.9 Å². The lowest BCUT2D eigenvalue weighted by molar-refractivity contribution is -0.122. The van der Waals surface area contributed by atoms with Crippen LogP contribution in [0.2, 0.25) is 0 Å². The van der Waals surface area contributed by atoms with E-state index in [1.807, 2.05) is 35.2 Å². The lowest BCUT2D eigenvalue weighted by atomic mass is 9.89. The monoisotopic (exact) mass is 434 g/mol. The van der Waals surface area contributed by atoms with Gasteiger partial charge >= 0.3 is 6.03 Å². The van der Waals surface area contributed by atoms with Gasteiger partial charge in [0.05, 0.1) is 12.6 Å². The molecule has 1 aliphatic heterocycles. The molecule has 0 bridgehead atoms. The van der Waals surface area contributed by atoms with Crippen LogP contribution in [0.5, 0.6) is 0 Å². The SMILES string of the molecule is CC(NC(=O)N1CCN(CC(=O)NCc2ccccc2)CC1)c1ccc2c(c1)CCCC2. The fraction of sp³-hybridized carbons (Fsp3) is 0.462. The topological polar surface area (TPSA) is 64.7 Å². The zero-order valence-corrected chi connectivity index (χ0v) is 19.0. The summed E-state index contributed by atoms with van der Waals surface area (Å²) in [5, 5.41) is 6.13. The number of urea groups is 1. The second-order valence-corrected chi connectivity index (χ2v) is 8.93. The van der Waals surface area contributed by atoms with E-state index in [9.17, 15) is 9.59 Å². The van der Waals surface area contributed by atoms with Crippen molar-refractivity contribution in [2.45, 2.75) is 45.2 Å². The highest BCUT2D eigenvalue weighted by atomic mass is 16.2. The van der Waals surface area contributed by atoms with Crippen molar-refractivity contribution in [3.05, 3.63) is 70.8 Å². The van der Waals surface area contributed by atoms with Crippen molar-refractivity contribution in [1.82, 2.24) is 20.4 Å². The van der Waals surface area contributed by atoms with E-state index in [-0.39, 0.29) is 18.0 Å². The predicted molar refractivity (Wildman–Crippen MR) is 126 cm³/mol. The highest BCUT2D eigenvalue weighted by molar-refractivity contribution is 5.78. The van der Waals surface area contributed by atoms with E-state index in [4.69, 9.17) is 0 Å². The normalized spacial score (nSPS) is 17.3. The summed E-state index contributed by atoms with van der Waals surface area (Å²) in [7, 11) is 0. The highest BCUT2D eigenvalue weighted by Gasteiger charge is 2.24. The summed E-state index contributed by atoms with van der Waals surface area (Å²) in [6, 6.07) is 16.5. The fourth-order valence-electron chi connectivity index (χ4n) is 4.55. The Bertz CT molecular complexity index is 923. The molecule has 6 heteroatoms. The Morgan fingerprint density at radius 2 is 1.66 bits per heavy atom. The first-order valence-corrected chi connectivity index (χ1v) is 11.8. The van der Waals surface area contributed by atoms with Crippen LogP contribution < -0.4 is 10.6 Å². The Labute approximate surface area is 191 Å². The van der Waals surface area contributed by atoms with Crippen LogP contribution in [-0.4, -0.2) is 54.5 Å². The maximum Gasteiger partial charge on any atom is 0.317 e. The number of fused-ring (bicyclic) bond motifs is 1. The summed E-state index contributed by atoms with van der Waals surface area (Å²) < 4.78 is 0. The lowest BCUT2D eigenvalue weighted by Gasteiger charge is -2.35. The molecule has 3 amide bonds. The molecule has 32 heavy (non-hydrogen) atoms. The standard InChI is InChI=1S/C26H34N4O2/c1-20(23-12-11-22-9-5-6-10-24(22)17-23)28-26(32)30-15-13-29(14-16-30)19-25(31)27-18-21-7-3-2-4-8-21/h2-4,7-8,11-12,17,20H,5-6,9-10,13-16,18-19H2,1H3,(H,27,31)(H,28,32). The quantitative estimate of drug-likeness (QED) is 0.734. The number of nitrogens with zero attached hydrogens (tertiary/aromatic N) is 2. The van der Waals surface area contributed by atoms with Gasteiger partial charge in [-0.25, -0.2) is 4.79 Å². The van der Waals surface area contributed by atoms with Crippen molar-refractivity contribution in [3.63, 3.8) is 0 Å². The molecule has 0 aromatic heterocycles. The Morgan fingerprint density at radius 3 is 2.41 bits per heavy atom. The molecule has 1 fully saturated rings. The van der Waals surface area contributed by atoms with Crippen LogP contribution in [-0.2, 0) is 24.2 Å². The third-order valence-electron chi connectivity index (χ3n) is 6.57. The molecule has 0 spiro atoms. The molecule has 4 rings (SSSR count). The number of carbonyl (C=O) groups excluding carboxylic acids is 2. The average molecular weight is 435 g/mol. The van der Waals surface area contributed by atoms with Crippen molar-refractivity contribution in [3.8, 4) is 0 Å². The number of benzene rings is 2. The largest absolute Gasteiger partial charge is 0.351 e. The maximum absolute atomic E-state index is 12.8. The molecule has 170 valence electrons. The van der Waals surface area contributed by atoms with Gasteiger partial charge in [-0.05, 0) is 54.9 Å². The summed E-state index contributed by atoms with van der Waals surface area (Å²) >= 11 is 0. The van der Waals surface area contributed by atoms with Crippen LogP contribution in [0.4, 0.5) is 4.79 Å². The molecule has 0 saturated carbocycles. The first kappa shape index (κ1) is 22.3. The van der Waals surface area contributed by atoms with E-state index in [0.29, 0.717) is 39.3 Å². The first-order chi connectivity index (χ1) is 15.6. The number of aryl methyl sites for hydroxylation is 2. The molecule has 1 unspecified atom stereocenters. The van der Waals surface area contributed by atoms with Crippen LogP contribution in [0.15, 0.2) is 48.5 Å². The van der Waals surface area contributed by atoms with Crippen molar-refractivity contribution in [2.24, 2.45) is 0 Å². The third kappa shape index (κ3) is 5.88. The van der Waals surface area contributed by atoms with Gasteiger partial charge in [0.1, 0.15) is 0 Å². The van der Waals surface area contributed by atoms with Crippen molar-refractivity contribution in [2.75, 3.05) is 32.7 Å². The Balaban J connectivity index is 1.20. The zero-order chi connectivity index (χ0) is 22.3. The fourth-order valence-corrected chi connectivity index (χ4v) is 4.55. The molecule has 2 aliphatic rings. The van der Waals surface area contributed by atoms with Crippen LogP contribution in [0.25, 0.3) is 0 Å². The van der Waals surface area contributed by atoms with Crippen molar-refractivity contribution < 1.29 is 9.59 Å². The summed E-state index contributed by atoms with van der Waals surface area (Å²) in [6.07, 6.45) is 4.85. The first-order valence-electron chi connectivity index (χ1n) is 11.8. The Morgan fingerprint density at radius 1 is 0.938 bits per heavy atom. The summed E-state index contributed by atoms with van der Waals surface area (Å²) in [6.45, 7) is 5.65. The van der Waals surface area contributed by atoms with Gasteiger partial charge in [-0.3, -0.25) is 9.69 Å². The molecule has 0 radical (unpaired) electrons. The van der Waals surface area contributed by atoms with Gasteiger partial charge in [-0.15, -0.1) is 0 Å². The number of piperazine rings is 1. The van der Waals surface area contributed by atoms with Gasteiger partial charge in [-0.2, -0.15) is 0 Å². The van der Waals surface area contributed by atoms with Crippen LogP contribution in [0.3, 0.4) is 0 Å². The second-order valence-electron chi connectivity index (χ2n) is 8.93. The van der Waals surface area contributed by atoms with Gasteiger partial charge in [0, 0.05) is 32.7 Å². The highest BCUT2D eigenvalue weighted by Crippen LogP contribution is 2.25. The van der Waals surface area contributed by atoms with Gasteiger partial charge < -0.3 is 15.5 Å². The van der Waals surface area contributed by atoms with Gasteiger partial charge in [0.25, 0.3) is 0 Å². The Hall–Kier alpha value is -2.86. The van der Waals surface area contributed by atoms with Gasteiger partial charge in [0.15, 0.2) is 0 Å². The number of amides is 3. The predicted octanol–water partition coefficient (Wildman–Crippen LogP) is 3.27. The molecule has 2 aromatic carbocycles. The molecule has 1 saturated heterocycles. The zero-order valence-electron chi connectivity index (χ0n) is 19.0. The van der Waals surface area contributed by atoms with E-state index in [2.05, 4.69) is 40.7 Å². The minimum atomic E-state index is -0.0246. The lowest BCUT2D eigenvalue weighted by Crippen LogP contribution is -2.53. The van der Waals surface area contributed by atoms with Gasteiger partial charge in [-0.1, -0.05) is 48.5 Å². The number of carbonyl (C=O) groups is 2. The van der Waals surface area contributed by atoms with Crippen LogP contribution in [0.1, 0.15) is 48.1 Å². The number of nitrogens with one attached hydrogen (secondary N) is 2. The van der Waals surface area contributed by atoms with E-state index >= 15 is 0 Å². The van der Waals surface area contributed by atoms with Gasteiger partial charge in [0.2, 0.25) is 5.91 Å². The van der Waals surface area contributed by atoms with E-state index in [0.717, 1.165) is 12.0 Å². The molecule has 2 N–H and O–H groups in total. The molecule has 1 heterocycles. The number of rotatable bonds is 6. The average Bonchev–Trinajstić information content (AvgIpc) is 2.83. The molecular weight excluding hydrogens is 400 g/mol. The van der Waals surface area contributed by atoms with E-state index in [1.54, 1.807) is 0 Å². The third-order valence-corrected chi connectivity index (χ3v) is 6.57. The summed E-state index contributed by atoms with van der Waals surface area (Å²) in [5.41, 5.74) is 5.17. The Kier molecular flexibility index (Phi) is 7.43. The summed E-state index contributed by atoms with van der Waals surface area (Å²) in [5.74, 6) is 0.0211. The molecule has 1 atom stereocenters. The molecule has 1 aliphatic carbocycles. The van der Waals surface area contributed by atoms with Crippen molar-refractivity contribution in [1.29, 1.82) is 0 Å². The molecular formula is C26H34N4O2. The van der Waals surface area contributed by atoms with E-state index in [1.165, 1.54) is 36.0 Å². The summed E-state index contributed by atoms with van der Waals surface area (Å²) in [4.78, 5) is 29.0. The smallest absolute Gasteiger partial charge is 0.317 e. The molecule has 2 aromatic rings. The van der Waals surface area contributed by atoms with E-state index < -0.39 is 0 Å². The minimum absolute atomic E-state index is 0.0171. The second kappa shape index (κ2) is 10.6. The van der Waals surface area contributed by atoms with Crippen LogP contribution in [0, 0.1) is 0 Å². The maximum atomic E-state index is 12.8. The minimum Gasteiger partial charge on any atom is -0.351 e. The molecule has 6 nitrogen and oxygen atoms in total. The number of hydrogen-bond donors (Lipinski definition) is 2.